The SMILES string of the molecule is CC=CC=CC(=O)Oc1cnc(-c2ccc(C#N)cc2)nc1. The number of esters is 1. The number of hydrogen-bond acceptors (Lipinski definition) is 5. The van der Waals surface area contributed by atoms with Gasteiger partial charge in [-0.2, -0.15) is 5.26 Å². The highest BCUT2D eigenvalue weighted by Gasteiger charge is 2.04. The molecule has 0 radical (unpaired) electrons. The normalized spacial score (nSPS) is 10.7. The van der Waals surface area contributed by atoms with Crippen molar-refractivity contribution in [3.8, 4) is 23.2 Å². The van der Waals surface area contributed by atoms with E-state index >= 15 is 0 Å². The molecule has 0 fully saturated rings. The molecule has 5 nitrogen and oxygen atoms in total. The fourth-order valence-electron chi connectivity index (χ4n) is 1.61. The Labute approximate surface area is 128 Å². The van der Waals surface area contributed by atoms with Gasteiger partial charge in [0, 0.05) is 11.6 Å². The minimum Gasteiger partial charge on any atom is -0.420 e. The summed E-state index contributed by atoms with van der Waals surface area (Å²) in [7, 11) is 0. The van der Waals surface area contributed by atoms with E-state index in [9.17, 15) is 4.79 Å². The van der Waals surface area contributed by atoms with Crippen LogP contribution in [0.4, 0.5) is 0 Å². The van der Waals surface area contributed by atoms with Crippen molar-refractivity contribution in [3.05, 3.63) is 66.5 Å². The topological polar surface area (TPSA) is 75.9 Å². The Balaban J connectivity index is 2.06. The summed E-state index contributed by atoms with van der Waals surface area (Å²) in [6.45, 7) is 1.85. The lowest BCUT2D eigenvalue weighted by atomic mass is 10.1. The molecule has 0 aliphatic carbocycles. The number of hydrogen-bond donors (Lipinski definition) is 0. The Morgan fingerprint density at radius 1 is 1.18 bits per heavy atom. The zero-order chi connectivity index (χ0) is 15.8. The van der Waals surface area contributed by atoms with E-state index in [2.05, 4.69) is 9.97 Å². The standard InChI is InChI=1S/C17H13N3O2/c1-2-3-4-5-16(21)22-15-11-19-17(20-12-15)14-8-6-13(10-18)7-9-14/h2-9,11-12H,1H3. The first-order valence-electron chi connectivity index (χ1n) is 6.56. The number of benzene rings is 1. The van der Waals surface area contributed by atoms with Crippen LogP contribution >= 0.6 is 0 Å². The molecule has 0 spiro atoms. The summed E-state index contributed by atoms with van der Waals surface area (Å²) in [4.78, 5) is 19.8. The van der Waals surface area contributed by atoms with Gasteiger partial charge in [-0.15, -0.1) is 0 Å². The Kier molecular flexibility index (Phi) is 5.16. The monoisotopic (exact) mass is 291 g/mol. The highest BCUT2D eigenvalue weighted by atomic mass is 16.5. The molecule has 5 heteroatoms. The van der Waals surface area contributed by atoms with Crippen LogP contribution < -0.4 is 4.74 Å². The van der Waals surface area contributed by atoms with Gasteiger partial charge in [-0.3, -0.25) is 0 Å². The fourth-order valence-corrected chi connectivity index (χ4v) is 1.61. The molecule has 0 amide bonds. The molecule has 1 aromatic heterocycles. The molecule has 0 aliphatic rings. The number of aromatic nitrogens is 2. The first-order chi connectivity index (χ1) is 10.7. The van der Waals surface area contributed by atoms with Crippen molar-refractivity contribution in [2.24, 2.45) is 0 Å². The van der Waals surface area contributed by atoms with Crippen LogP contribution in [0.15, 0.2) is 61.0 Å². The van der Waals surface area contributed by atoms with E-state index in [4.69, 9.17) is 10.00 Å². The van der Waals surface area contributed by atoms with Gasteiger partial charge in [-0.25, -0.2) is 14.8 Å². The molecule has 0 N–H and O–H groups in total. The number of nitrogens with zero attached hydrogens (tertiary/aromatic N) is 3. The van der Waals surface area contributed by atoms with E-state index in [-0.39, 0.29) is 5.75 Å². The lowest BCUT2D eigenvalue weighted by Crippen LogP contribution is -2.04. The summed E-state index contributed by atoms with van der Waals surface area (Å²) < 4.78 is 5.06. The Hall–Kier alpha value is -3.26. The van der Waals surface area contributed by atoms with Gasteiger partial charge in [0.05, 0.1) is 24.0 Å². The van der Waals surface area contributed by atoms with Gasteiger partial charge in [0.2, 0.25) is 0 Å². The number of allylic oxidation sites excluding steroid dienone is 3. The van der Waals surface area contributed by atoms with Crippen LogP contribution in [0.25, 0.3) is 11.4 Å². The summed E-state index contributed by atoms with van der Waals surface area (Å²) in [6.07, 6.45) is 9.30. The molecule has 2 aromatic rings. The van der Waals surface area contributed by atoms with E-state index in [1.807, 2.05) is 13.0 Å². The second-order valence-corrected chi connectivity index (χ2v) is 4.24. The zero-order valence-electron chi connectivity index (χ0n) is 11.9. The molecule has 108 valence electrons. The van der Waals surface area contributed by atoms with Crippen molar-refractivity contribution < 1.29 is 9.53 Å². The van der Waals surface area contributed by atoms with E-state index in [1.165, 1.54) is 18.5 Å². The van der Waals surface area contributed by atoms with Crippen molar-refractivity contribution in [2.45, 2.75) is 6.92 Å². The largest absolute Gasteiger partial charge is 0.420 e. The van der Waals surface area contributed by atoms with Crippen molar-refractivity contribution in [3.63, 3.8) is 0 Å². The van der Waals surface area contributed by atoms with Crippen LogP contribution in [0.5, 0.6) is 5.75 Å². The Bertz CT molecular complexity index is 739. The van der Waals surface area contributed by atoms with Crippen LogP contribution in [0.2, 0.25) is 0 Å². The Morgan fingerprint density at radius 3 is 2.45 bits per heavy atom. The number of nitriles is 1. The van der Waals surface area contributed by atoms with Gasteiger partial charge >= 0.3 is 5.97 Å². The predicted octanol–water partition coefficient (Wildman–Crippen LogP) is 3.05. The van der Waals surface area contributed by atoms with Gasteiger partial charge in [-0.1, -0.05) is 18.2 Å². The minimum absolute atomic E-state index is 0.271. The second-order valence-electron chi connectivity index (χ2n) is 4.24. The molecular weight excluding hydrogens is 278 g/mol. The van der Waals surface area contributed by atoms with E-state index < -0.39 is 5.97 Å². The van der Waals surface area contributed by atoms with Crippen molar-refractivity contribution in [2.75, 3.05) is 0 Å². The van der Waals surface area contributed by atoms with Gasteiger partial charge in [-0.05, 0) is 31.2 Å². The summed E-state index contributed by atoms with van der Waals surface area (Å²) in [5, 5.41) is 8.76. The maximum atomic E-state index is 11.5. The quantitative estimate of drug-likeness (QED) is 0.491. The number of carbonyl (C=O) groups is 1. The summed E-state index contributed by atoms with van der Waals surface area (Å²) in [5.41, 5.74) is 1.35. The van der Waals surface area contributed by atoms with Crippen molar-refractivity contribution >= 4 is 5.97 Å². The molecule has 0 atom stereocenters. The predicted molar refractivity (Wildman–Crippen MR) is 81.8 cm³/mol. The van der Waals surface area contributed by atoms with Gasteiger partial charge in [0.1, 0.15) is 0 Å². The maximum Gasteiger partial charge on any atom is 0.336 e. The fraction of sp³-hybridized carbons (Fsp3) is 0.0588. The van der Waals surface area contributed by atoms with Crippen LogP contribution in [0, 0.1) is 11.3 Å². The smallest absolute Gasteiger partial charge is 0.336 e. The van der Waals surface area contributed by atoms with Gasteiger partial charge < -0.3 is 4.74 Å². The molecule has 0 aliphatic heterocycles. The highest BCUT2D eigenvalue weighted by molar-refractivity contribution is 5.84. The highest BCUT2D eigenvalue weighted by Crippen LogP contribution is 2.17. The third-order valence-corrected chi connectivity index (χ3v) is 2.65. The van der Waals surface area contributed by atoms with Crippen molar-refractivity contribution in [1.29, 1.82) is 5.26 Å². The van der Waals surface area contributed by atoms with Gasteiger partial charge in [0.25, 0.3) is 0 Å². The maximum absolute atomic E-state index is 11.5. The molecule has 0 unspecified atom stereocenters. The average Bonchev–Trinajstić information content (AvgIpc) is 2.56. The van der Waals surface area contributed by atoms with E-state index in [0.29, 0.717) is 11.4 Å². The van der Waals surface area contributed by atoms with Crippen LogP contribution in [0.1, 0.15) is 12.5 Å². The Morgan fingerprint density at radius 2 is 1.86 bits per heavy atom. The molecule has 2 rings (SSSR count). The van der Waals surface area contributed by atoms with Crippen LogP contribution in [0.3, 0.4) is 0 Å². The number of ether oxygens (including phenoxy) is 1. The third-order valence-electron chi connectivity index (χ3n) is 2.65. The number of rotatable bonds is 4. The van der Waals surface area contributed by atoms with Crippen LogP contribution in [-0.2, 0) is 4.79 Å². The van der Waals surface area contributed by atoms with Gasteiger partial charge in [0.15, 0.2) is 11.6 Å². The average molecular weight is 291 g/mol. The van der Waals surface area contributed by atoms with Crippen LogP contribution in [-0.4, -0.2) is 15.9 Å². The molecule has 1 heterocycles. The first kappa shape index (κ1) is 15.1. The zero-order valence-corrected chi connectivity index (χ0v) is 11.9. The molecule has 0 saturated carbocycles. The lowest BCUT2D eigenvalue weighted by Gasteiger charge is -2.02. The summed E-state index contributed by atoms with van der Waals surface area (Å²) in [5.74, 6) is 0.272. The number of carbonyl (C=O) groups excluding carboxylic acids is 1. The lowest BCUT2D eigenvalue weighted by molar-refractivity contribution is -0.129. The molecule has 0 saturated heterocycles. The summed E-state index contributed by atoms with van der Waals surface area (Å²) in [6, 6.07) is 8.96. The minimum atomic E-state index is -0.493. The van der Waals surface area contributed by atoms with E-state index in [0.717, 1.165) is 5.56 Å². The second kappa shape index (κ2) is 7.50. The van der Waals surface area contributed by atoms with E-state index in [1.54, 1.807) is 42.5 Å². The molecule has 0 bridgehead atoms. The molecular formula is C17H13N3O2. The summed E-state index contributed by atoms with van der Waals surface area (Å²) >= 11 is 0. The molecule has 22 heavy (non-hydrogen) atoms. The van der Waals surface area contributed by atoms with Crippen molar-refractivity contribution in [1.82, 2.24) is 9.97 Å². The molecule has 1 aromatic carbocycles. The first-order valence-corrected chi connectivity index (χ1v) is 6.56. The third kappa shape index (κ3) is 4.12.